The molecule has 1 aromatic heterocycles. The molecule has 0 saturated carbocycles. The van der Waals surface area contributed by atoms with Crippen molar-refractivity contribution in [2.75, 3.05) is 19.6 Å². The fraction of sp³-hybridized carbons (Fsp3) is 0.250. The van der Waals surface area contributed by atoms with Crippen LogP contribution in [0.1, 0.15) is 36.5 Å². The minimum absolute atomic E-state index is 0.0301. The summed E-state index contributed by atoms with van der Waals surface area (Å²) in [5, 5.41) is 12.0. The highest BCUT2D eigenvalue weighted by Crippen LogP contribution is 2.19. The molecule has 0 saturated heterocycles. The van der Waals surface area contributed by atoms with E-state index in [2.05, 4.69) is 4.98 Å². The van der Waals surface area contributed by atoms with Gasteiger partial charge in [0.05, 0.1) is 4.92 Å². The molecule has 1 heterocycles. The van der Waals surface area contributed by atoms with E-state index < -0.39 is 4.92 Å². The Bertz CT molecular complexity index is 1510. The van der Waals surface area contributed by atoms with Crippen molar-refractivity contribution in [3.8, 4) is 0 Å². The molecule has 1 N–H and O–H groups in total. The Hall–Kier alpha value is -4.79. The zero-order valence-corrected chi connectivity index (χ0v) is 23.0. The number of aromatic amines is 1. The molecule has 9 heteroatoms. The minimum Gasteiger partial charge on any atom is -0.361 e. The van der Waals surface area contributed by atoms with Gasteiger partial charge >= 0.3 is 0 Å². The van der Waals surface area contributed by atoms with Gasteiger partial charge in [0.25, 0.3) is 5.69 Å². The topological polar surface area (TPSA) is 99.6 Å². The summed E-state index contributed by atoms with van der Waals surface area (Å²) in [5.74, 6) is -0.868. The van der Waals surface area contributed by atoms with Crippen LogP contribution in [0, 0.1) is 15.9 Å². The molecule has 0 aliphatic heterocycles. The van der Waals surface area contributed by atoms with Crippen molar-refractivity contribution in [3.63, 3.8) is 0 Å². The Morgan fingerprint density at radius 1 is 0.976 bits per heavy atom. The predicted octanol–water partition coefficient (Wildman–Crippen LogP) is 6.13. The van der Waals surface area contributed by atoms with Gasteiger partial charge in [0.15, 0.2) is 0 Å². The molecule has 4 rings (SSSR count). The number of halogens is 1. The maximum atomic E-state index is 13.7. The summed E-state index contributed by atoms with van der Waals surface area (Å²) >= 11 is 0. The molecule has 3 aromatic carbocycles. The van der Waals surface area contributed by atoms with Crippen molar-refractivity contribution in [1.29, 1.82) is 0 Å². The number of nitrogens with one attached hydrogen (secondary N) is 1. The highest BCUT2D eigenvalue weighted by molar-refractivity contribution is 5.94. The first kappa shape index (κ1) is 29.2. The predicted molar refractivity (Wildman–Crippen MR) is 157 cm³/mol. The van der Waals surface area contributed by atoms with Crippen molar-refractivity contribution in [1.82, 2.24) is 14.8 Å². The normalized spacial score (nSPS) is 11.2. The average molecular weight is 557 g/mol. The van der Waals surface area contributed by atoms with E-state index >= 15 is 0 Å². The van der Waals surface area contributed by atoms with E-state index in [0.29, 0.717) is 25.1 Å². The van der Waals surface area contributed by atoms with Crippen LogP contribution in [0.25, 0.3) is 17.0 Å². The van der Waals surface area contributed by atoms with Crippen LogP contribution < -0.4 is 0 Å². The van der Waals surface area contributed by atoms with Gasteiger partial charge in [-0.15, -0.1) is 0 Å². The number of nitrogens with zero attached hydrogens (tertiary/aromatic N) is 3. The largest absolute Gasteiger partial charge is 0.361 e. The minimum atomic E-state index is -0.479. The summed E-state index contributed by atoms with van der Waals surface area (Å²) in [5.41, 5.74) is 3.51. The number of amides is 2. The van der Waals surface area contributed by atoms with Crippen LogP contribution >= 0.6 is 0 Å². The number of benzene rings is 3. The van der Waals surface area contributed by atoms with Crippen LogP contribution in [-0.4, -0.2) is 51.2 Å². The Morgan fingerprint density at radius 3 is 2.41 bits per heavy atom. The summed E-state index contributed by atoms with van der Waals surface area (Å²) in [6, 6.07) is 19.9. The SMILES string of the molecule is CCCCN(CC(=O)N(CCc1c[nH]c2ccccc12)Cc1ccc(F)cc1)C(=O)/C=C/c1ccc([N+](=O)[O-])cc1. The molecule has 212 valence electrons. The molecule has 2 amide bonds. The van der Waals surface area contributed by atoms with Crippen LogP contribution in [0.5, 0.6) is 0 Å². The van der Waals surface area contributed by atoms with Crippen molar-refractivity contribution in [2.45, 2.75) is 32.7 Å². The number of carbonyl (C=O) groups excluding carboxylic acids is 2. The second kappa shape index (κ2) is 14.0. The first-order valence-corrected chi connectivity index (χ1v) is 13.6. The quantitative estimate of drug-likeness (QED) is 0.122. The molecule has 8 nitrogen and oxygen atoms in total. The molecule has 0 radical (unpaired) electrons. The Kier molecular flexibility index (Phi) is 9.99. The van der Waals surface area contributed by atoms with Crippen LogP contribution in [0.3, 0.4) is 0 Å². The highest BCUT2D eigenvalue weighted by atomic mass is 19.1. The number of unbranched alkanes of at least 4 members (excludes halogenated alkanes) is 1. The van der Waals surface area contributed by atoms with Crippen LogP contribution in [-0.2, 0) is 22.6 Å². The number of nitro groups is 1. The second-order valence-corrected chi connectivity index (χ2v) is 9.85. The molecule has 0 atom stereocenters. The third-order valence-corrected chi connectivity index (χ3v) is 6.91. The standard InChI is InChI=1S/C32H33FN4O4/c1-2-3-19-35(31(38)17-12-24-10-15-28(16-11-24)37(40)41)23-32(39)36(22-25-8-13-27(33)14-9-25)20-18-26-21-34-30-7-5-4-6-29(26)30/h4-17,21,34H,2-3,18-20,22-23H2,1H3/b17-12+. The summed E-state index contributed by atoms with van der Waals surface area (Å²) < 4.78 is 13.5. The number of non-ortho nitro benzene ring substituents is 1. The molecular weight excluding hydrogens is 523 g/mol. The van der Waals surface area contributed by atoms with E-state index in [1.54, 1.807) is 35.2 Å². The molecule has 0 aliphatic carbocycles. The van der Waals surface area contributed by atoms with Gasteiger partial charge in [0.1, 0.15) is 12.4 Å². The average Bonchev–Trinajstić information content (AvgIpc) is 3.40. The van der Waals surface area contributed by atoms with Gasteiger partial charge in [-0.2, -0.15) is 0 Å². The van der Waals surface area contributed by atoms with Crippen molar-refractivity contribution < 1.29 is 18.9 Å². The smallest absolute Gasteiger partial charge is 0.269 e. The number of hydrogen-bond donors (Lipinski definition) is 1. The lowest BCUT2D eigenvalue weighted by atomic mass is 10.1. The number of aromatic nitrogens is 1. The van der Waals surface area contributed by atoms with Crippen LogP contribution in [0.4, 0.5) is 10.1 Å². The van der Waals surface area contributed by atoms with Gasteiger partial charge in [-0.3, -0.25) is 19.7 Å². The van der Waals surface area contributed by atoms with Gasteiger partial charge in [0, 0.05) is 54.9 Å². The number of carbonyl (C=O) groups is 2. The van der Waals surface area contributed by atoms with Crippen LogP contribution in [0.15, 0.2) is 85.1 Å². The number of hydrogen-bond acceptors (Lipinski definition) is 4. The molecule has 4 aromatic rings. The number of para-hydroxylation sites is 1. The van der Waals surface area contributed by atoms with E-state index in [1.165, 1.54) is 35.2 Å². The third-order valence-electron chi connectivity index (χ3n) is 6.91. The maximum absolute atomic E-state index is 13.7. The Morgan fingerprint density at radius 2 is 1.71 bits per heavy atom. The number of fused-ring (bicyclic) bond motifs is 1. The van der Waals surface area contributed by atoms with Crippen molar-refractivity contribution in [2.24, 2.45) is 0 Å². The zero-order chi connectivity index (χ0) is 29.2. The summed E-state index contributed by atoms with van der Waals surface area (Å²) in [4.78, 5) is 43.7. The number of nitro benzene ring substituents is 1. The number of H-pyrrole nitrogens is 1. The maximum Gasteiger partial charge on any atom is 0.269 e. The van der Waals surface area contributed by atoms with Gasteiger partial charge in [-0.05, 0) is 65.9 Å². The fourth-order valence-corrected chi connectivity index (χ4v) is 4.56. The lowest BCUT2D eigenvalue weighted by Gasteiger charge is -2.27. The molecule has 0 unspecified atom stereocenters. The molecule has 0 aliphatic rings. The van der Waals surface area contributed by atoms with Gasteiger partial charge in [-0.1, -0.05) is 43.7 Å². The van der Waals surface area contributed by atoms with Gasteiger partial charge < -0.3 is 14.8 Å². The first-order valence-electron chi connectivity index (χ1n) is 13.6. The molecule has 0 bridgehead atoms. The second-order valence-electron chi connectivity index (χ2n) is 9.85. The molecule has 0 fully saturated rings. The van der Waals surface area contributed by atoms with E-state index in [1.807, 2.05) is 37.4 Å². The van der Waals surface area contributed by atoms with Gasteiger partial charge in [0.2, 0.25) is 11.8 Å². The van der Waals surface area contributed by atoms with Crippen molar-refractivity contribution in [3.05, 3.63) is 118 Å². The molecule has 41 heavy (non-hydrogen) atoms. The van der Waals surface area contributed by atoms with E-state index in [0.717, 1.165) is 34.9 Å². The van der Waals surface area contributed by atoms with Gasteiger partial charge in [-0.25, -0.2) is 4.39 Å². The number of rotatable bonds is 13. The lowest BCUT2D eigenvalue weighted by molar-refractivity contribution is -0.384. The fourth-order valence-electron chi connectivity index (χ4n) is 4.56. The van der Waals surface area contributed by atoms with Crippen molar-refractivity contribution >= 4 is 34.5 Å². The lowest BCUT2D eigenvalue weighted by Crippen LogP contribution is -2.43. The Balaban J connectivity index is 1.49. The summed E-state index contributed by atoms with van der Waals surface area (Å²) in [6.45, 7) is 3.04. The third kappa shape index (κ3) is 8.11. The van der Waals surface area contributed by atoms with E-state index in [-0.39, 0.29) is 36.4 Å². The highest BCUT2D eigenvalue weighted by Gasteiger charge is 2.21. The molecule has 0 spiro atoms. The Labute approximate surface area is 238 Å². The van der Waals surface area contributed by atoms with Crippen LogP contribution in [0.2, 0.25) is 0 Å². The monoisotopic (exact) mass is 556 g/mol. The van der Waals surface area contributed by atoms with E-state index in [9.17, 15) is 24.1 Å². The molecular formula is C32H33FN4O4. The first-order chi connectivity index (χ1) is 19.8. The summed E-state index contributed by atoms with van der Waals surface area (Å²) in [6.07, 6.45) is 7.12. The zero-order valence-electron chi connectivity index (χ0n) is 23.0. The summed E-state index contributed by atoms with van der Waals surface area (Å²) in [7, 11) is 0. The van der Waals surface area contributed by atoms with E-state index in [4.69, 9.17) is 0 Å².